The van der Waals surface area contributed by atoms with Crippen LogP contribution in [0.1, 0.15) is 34.1 Å². The molecule has 0 aliphatic carbocycles. The first-order valence-corrected chi connectivity index (χ1v) is 5.89. The Labute approximate surface area is 78.3 Å². The Bertz CT molecular complexity index is 242. The van der Waals surface area contributed by atoms with Crippen molar-refractivity contribution in [2.24, 2.45) is 5.41 Å². The Balaban J connectivity index is 2.88. The molecule has 1 fully saturated rings. The Morgan fingerprint density at radius 1 is 1.46 bits per heavy atom. The minimum atomic E-state index is -4.30. The second-order valence-corrected chi connectivity index (χ2v) is 5.28. The molecule has 5 heteroatoms. The van der Waals surface area contributed by atoms with Crippen molar-refractivity contribution in [3.8, 4) is 0 Å². The summed E-state index contributed by atoms with van der Waals surface area (Å²) in [4.78, 5) is 0. The molecule has 0 saturated carbocycles. The van der Waals surface area contributed by atoms with E-state index in [-0.39, 0.29) is 17.6 Å². The van der Waals surface area contributed by atoms with E-state index >= 15 is 0 Å². The zero-order valence-corrected chi connectivity index (χ0v) is 9.31. The van der Waals surface area contributed by atoms with Crippen molar-refractivity contribution < 1.29 is 17.8 Å². The molecular formula is C8H16FO3P. The van der Waals surface area contributed by atoms with Crippen LogP contribution in [0.2, 0.25) is 0 Å². The first kappa shape index (κ1) is 11.2. The van der Waals surface area contributed by atoms with E-state index < -0.39 is 7.91 Å². The van der Waals surface area contributed by atoms with Gasteiger partial charge in [0.2, 0.25) is 0 Å². The first-order valence-electron chi connectivity index (χ1n) is 4.46. The van der Waals surface area contributed by atoms with Gasteiger partial charge in [-0.05, 0) is 13.3 Å². The van der Waals surface area contributed by atoms with Crippen LogP contribution >= 0.6 is 7.91 Å². The van der Waals surface area contributed by atoms with E-state index in [9.17, 15) is 8.76 Å². The van der Waals surface area contributed by atoms with Crippen LogP contribution in [0.3, 0.4) is 0 Å². The molecule has 78 valence electrons. The summed E-state index contributed by atoms with van der Waals surface area (Å²) in [5, 5.41) is 0. The summed E-state index contributed by atoms with van der Waals surface area (Å²) in [6.45, 7) is 7.44. The van der Waals surface area contributed by atoms with Gasteiger partial charge < -0.3 is 0 Å². The molecule has 3 unspecified atom stereocenters. The molecule has 1 heterocycles. The van der Waals surface area contributed by atoms with E-state index in [1.165, 1.54) is 0 Å². The van der Waals surface area contributed by atoms with Crippen LogP contribution in [0.15, 0.2) is 0 Å². The summed E-state index contributed by atoms with van der Waals surface area (Å²) in [5.74, 6) is 0. The zero-order chi connectivity index (χ0) is 10.3. The maximum atomic E-state index is 13.0. The molecule has 0 bridgehead atoms. The molecule has 0 aromatic rings. The van der Waals surface area contributed by atoms with Crippen molar-refractivity contribution >= 4 is 7.91 Å². The summed E-state index contributed by atoms with van der Waals surface area (Å²) in [7, 11) is -4.30. The Morgan fingerprint density at radius 3 is 2.46 bits per heavy atom. The second-order valence-electron chi connectivity index (χ2n) is 4.00. The molecule has 1 rings (SSSR count). The van der Waals surface area contributed by atoms with Crippen molar-refractivity contribution in [2.75, 3.05) is 0 Å². The van der Waals surface area contributed by atoms with Crippen LogP contribution in [0.25, 0.3) is 0 Å². The topological polar surface area (TPSA) is 35.5 Å². The summed E-state index contributed by atoms with van der Waals surface area (Å²) in [6.07, 6.45) is -0.0941. The van der Waals surface area contributed by atoms with Gasteiger partial charge in [-0.15, -0.1) is 4.20 Å². The maximum absolute atomic E-state index is 13.0. The lowest BCUT2D eigenvalue weighted by molar-refractivity contribution is -0.0807. The van der Waals surface area contributed by atoms with Gasteiger partial charge in [-0.3, -0.25) is 9.05 Å². The van der Waals surface area contributed by atoms with E-state index in [4.69, 9.17) is 4.52 Å². The van der Waals surface area contributed by atoms with Crippen LogP contribution in [0.5, 0.6) is 0 Å². The maximum Gasteiger partial charge on any atom is 0.513 e. The van der Waals surface area contributed by atoms with Gasteiger partial charge in [-0.1, -0.05) is 20.8 Å². The Kier molecular flexibility index (Phi) is 2.86. The lowest BCUT2D eigenvalue weighted by Gasteiger charge is -2.42. The number of hydrogen-bond donors (Lipinski definition) is 0. The minimum absolute atomic E-state index is 0.297. The van der Waals surface area contributed by atoms with E-state index in [1.54, 1.807) is 6.92 Å². The van der Waals surface area contributed by atoms with Crippen LogP contribution in [-0.4, -0.2) is 12.2 Å². The van der Waals surface area contributed by atoms with Gasteiger partial charge >= 0.3 is 7.91 Å². The van der Waals surface area contributed by atoms with Crippen molar-refractivity contribution in [1.82, 2.24) is 0 Å². The van der Waals surface area contributed by atoms with E-state index in [0.717, 1.165) is 0 Å². The molecule has 0 amide bonds. The first-order chi connectivity index (χ1) is 5.79. The van der Waals surface area contributed by atoms with Crippen molar-refractivity contribution in [1.29, 1.82) is 0 Å². The fourth-order valence-electron chi connectivity index (χ4n) is 1.50. The highest BCUT2D eigenvalue weighted by Crippen LogP contribution is 2.60. The molecule has 0 aromatic carbocycles. The van der Waals surface area contributed by atoms with Crippen LogP contribution in [-0.2, 0) is 13.6 Å². The fraction of sp³-hybridized carbons (Fsp3) is 1.00. The second kappa shape index (κ2) is 3.34. The van der Waals surface area contributed by atoms with Gasteiger partial charge in [0.05, 0.1) is 12.2 Å². The van der Waals surface area contributed by atoms with Crippen LogP contribution in [0, 0.1) is 5.41 Å². The van der Waals surface area contributed by atoms with Gasteiger partial charge in [0.25, 0.3) is 0 Å². The zero-order valence-electron chi connectivity index (χ0n) is 8.41. The Hall–Kier alpha value is 0.0800. The normalized spacial score (nSPS) is 44.7. The lowest BCUT2D eigenvalue weighted by Crippen LogP contribution is -2.44. The SMILES string of the molecule is CCC1OP(=O)(F)OC(C)C1(C)C. The molecule has 1 aliphatic rings. The summed E-state index contributed by atoms with van der Waals surface area (Å²) >= 11 is 0. The summed E-state index contributed by atoms with van der Waals surface area (Å²) < 4.78 is 33.5. The predicted molar refractivity (Wildman–Crippen MR) is 48.2 cm³/mol. The Morgan fingerprint density at radius 2 is 2.00 bits per heavy atom. The van der Waals surface area contributed by atoms with Crippen LogP contribution in [0.4, 0.5) is 4.20 Å². The third kappa shape index (κ3) is 2.12. The molecule has 1 saturated heterocycles. The van der Waals surface area contributed by atoms with Gasteiger partial charge in [0.1, 0.15) is 0 Å². The molecule has 3 nitrogen and oxygen atoms in total. The molecule has 0 aromatic heterocycles. The standard InChI is InChI=1S/C8H16FO3P/c1-5-7-8(3,4)6(2)11-13(9,10)12-7/h6-7H,5H2,1-4H3. The minimum Gasteiger partial charge on any atom is -0.280 e. The average Bonchev–Trinajstić information content (AvgIpc) is 1.97. The predicted octanol–water partition coefficient (Wildman–Crippen LogP) is 3.30. The van der Waals surface area contributed by atoms with Crippen molar-refractivity contribution in [3.05, 3.63) is 0 Å². The van der Waals surface area contributed by atoms with E-state index in [0.29, 0.717) is 6.42 Å². The highest BCUT2D eigenvalue weighted by Gasteiger charge is 2.48. The van der Waals surface area contributed by atoms with Gasteiger partial charge in [0, 0.05) is 5.41 Å². The summed E-state index contributed by atoms with van der Waals surface area (Å²) in [6, 6.07) is 0. The number of halogens is 1. The van der Waals surface area contributed by atoms with Crippen molar-refractivity contribution in [3.63, 3.8) is 0 Å². The highest BCUT2D eigenvalue weighted by molar-refractivity contribution is 7.48. The lowest BCUT2D eigenvalue weighted by atomic mass is 9.80. The van der Waals surface area contributed by atoms with Gasteiger partial charge in [0.15, 0.2) is 0 Å². The third-order valence-electron chi connectivity index (χ3n) is 2.79. The third-order valence-corrected chi connectivity index (χ3v) is 3.86. The van der Waals surface area contributed by atoms with E-state index in [2.05, 4.69) is 4.52 Å². The monoisotopic (exact) mass is 210 g/mol. The average molecular weight is 210 g/mol. The quantitative estimate of drug-likeness (QED) is 0.623. The largest absolute Gasteiger partial charge is 0.513 e. The molecule has 13 heavy (non-hydrogen) atoms. The molecule has 0 spiro atoms. The molecular weight excluding hydrogens is 194 g/mol. The molecule has 0 N–H and O–H groups in total. The van der Waals surface area contributed by atoms with Gasteiger partial charge in [-0.2, -0.15) is 0 Å². The fourth-order valence-corrected chi connectivity index (χ4v) is 2.92. The van der Waals surface area contributed by atoms with Crippen molar-refractivity contribution in [2.45, 2.75) is 46.3 Å². The highest BCUT2D eigenvalue weighted by atomic mass is 31.2. The summed E-state index contributed by atoms with van der Waals surface area (Å²) in [5.41, 5.74) is -0.297. The number of hydrogen-bond acceptors (Lipinski definition) is 3. The van der Waals surface area contributed by atoms with Crippen LogP contribution < -0.4 is 0 Å². The van der Waals surface area contributed by atoms with E-state index in [1.807, 2.05) is 20.8 Å². The molecule has 0 radical (unpaired) electrons. The molecule has 3 atom stereocenters. The smallest absolute Gasteiger partial charge is 0.280 e. The number of rotatable bonds is 1. The molecule has 1 aliphatic heterocycles. The van der Waals surface area contributed by atoms with Gasteiger partial charge in [-0.25, -0.2) is 4.57 Å².